The summed E-state index contributed by atoms with van der Waals surface area (Å²) in [5.74, 6) is -0.207. The number of nitriles is 1. The molecule has 0 heterocycles. The highest BCUT2D eigenvalue weighted by atomic mass is 19.1. The smallest absolute Gasteiger partial charge is 0.193 e. The Kier molecular flexibility index (Phi) is 4.52. The quantitative estimate of drug-likeness (QED) is 0.671. The van der Waals surface area contributed by atoms with E-state index >= 15 is 0 Å². The molecule has 0 unspecified atom stereocenters. The average molecular weight is 282 g/mol. The summed E-state index contributed by atoms with van der Waals surface area (Å²) < 4.78 is 13.6. The molecule has 0 spiro atoms. The van der Waals surface area contributed by atoms with Gasteiger partial charge in [-0.15, -0.1) is 0 Å². The summed E-state index contributed by atoms with van der Waals surface area (Å²) in [5.41, 5.74) is 8.45. The van der Waals surface area contributed by atoms with Crippen LogP contribution in [0.1, 0.15) is 16.7 Å². The van der Waals surface area contributed by atoms with E-state index in [9.17, 15) is 4.39 Å². The van der Waals surface area contributed by atoms with Gasteiger partial charge in [-0.05, 0) is 37.3 Å². The van der Waals surface area contributed by atoms with Crippen LogP contribution in [-0.4, -0.2) is 5.96 Å². The predicted molar refractivity (Wildman–Crippen MR) is 81.2 cm³/mol. The summed E-state index contributed by atoms with van der Waals surface area (Å²) in [7, 11) is 0. The Labute approximate surface area is 122 Å². The van der Waals surface area contributed by atoms with Gasteiger partial charge in [0.25, 0.3) is 0 Å². The first-order chi connectivity index (χ1) is 10.1. The second-order valence-corrected chi connectivity index (χ2v) is 4.61. The van der Waals surface area contributed by atoms with E-state index in [0.29, 0.717) is 11.1 Å². The fraction of sp³-hybridized carbons (Fsp3) is 0.125. The largest absolute Gasteiger partial charge is 0.370 e. The summed E-state index contributed by atoms with van der Waals surface area (Å²) in [5, 5.41) is 11.7. The maximum absolute atomic E-state index is 13.6. The molecule has 21 heavy (non-hydrogen) atoms. The molecule has 3 N–H and O–H groups in total. The van der Waals surface area contributed by atoms with E-state index in [2.05, 4.69) is 10.3 Å². The Morgan fingerprint density at radius 2 is 2.00 bits per heavy atom. The zero-order chi connectivity index (χ0) is 15.2. The number of hydrogen-bond donors (Lipinski definition) is 2. The molecule has 0 bridgehead atoms. The molecular weight excluding hydrogens is 267 g/mol. The maximum Gasteiger partial charge on any atom is 0.193 e. The van der Waals surface area contributed by atoms with Crippen molar-refractivity contribution in [3.63, 3.8) is 0 Å². The van der Waals surface area contributed by atoms with Gasteiger partial charge in [0.15, 0.2) is 5.96 Å². The van der Waals surface area contributed by atoms with E-state index < -0.39 is 5.82 Å². The van der Waals surface area contributed by atoms with E-state index in [-0.39, 0.29) is 12.5 Å². The van der Waals surface area contributed by atoms with Crippen LogP contribution >= 0.6 is 0 Å². The summed E-state index contributed by atoms with van der Waals surface area (Å²) >= 11 is 0. The van der Waals surface area contributed by atoms with Crippen molar-refractivity contribution in [1.82, 2.24) is 0 Å². The molecule has 2 aromatic carbocycles. The number of guanidine groups is 1. The molecule has 0 radical (unpaired) electrons. The molecular formula is C16H15FN4. The Balaban J connectivity index is 2.06. The van der Waals surface area contributed by atoms with Crippen LogP contribution in [0, 0.1) is 24.1 Å². The lowest BCUT2D eigenvalue weighted by Crippen LogP contribution is -2.22. The van der Waals surface area contributed by atoms with E-state index in [1.807, 2.05) is 37.3 Å². The Morgan fingerprint density at radius 3 is 2.67 bits per heavy atom. The Bertz CT molecular complexity index is 699. The molecule has 0 aliphatic carbocycles. The summed E-state index contributed by atoms with van der Waals surface area (Å²) in [6.45, 7) is 2.07. The van der Waals surface area contributed by atoms with Crippen molar-refractivity contribution >= 4 is 11.6 Å². The Morgan fingerprint density at radius 1 is 1.29 bits per heavy atom. The normalized spacial score (nSPS) is 11.0. The zero-order valence-corrected chi connectivity index (χ0v) is 11.6. The number of aryl methyl sites for hydroxylation is 1. The van der Waals surface area contributed by atoms with Gasteiger partial charge in [-0.2, -0.15) is 5.26 Å². The lowest BCUT2D eigenvalue weighted by molar-refractivity contribution is 0.610. The molecule has 0 aromatic heterocycles. The van der Waals surface area contributed by atoms with Crippen LogP contribution in [0.3, 0.4) is 0 Å². The van der Waals surface area contributed by atoms with E-state index in [4.69, 9.17) is 11.0 Å². The van der Waals surface area contributed by atoms with Gasteiger partial charge in [0.05, 0.1) is 18.2 Å². The monoisotopic (exact) mass is 282 g/mol. The number of nitrogens with one attached hydrogen (secondary N) is 1. The fourth-order valence-electron chi connectivity index (χ4n) is 1.76. The standard InChI is InChI=1S/C16H15FN4/c1-11-2-5-14(6-3-11)21-16(19)20-10-13-8-12(9-18)4-7-15(13)17/h2-8H,10H2,1H3,(H3,19,20,21). The number of anilines is 1. The van der Waals surface area contributed by atoms with E-state index in [1.165, 1.54) is 18.2 Å². The van der Waals surface area contributed by atoms with Crippen molar-refractivity contribution in [2.75, 3.05) is 5.32 Å². The molecule has 0 saturated carbocycles. The van der Waals surface area contributed by atoms with Crippen LogP contribution in [0.25, 0.3) is 0 Å². The highest BCUT2D eigenvalue weighted by molar-refractivity contribution is 5.92. The summed E-state index contributed by atoms with van der Waals surface area (Å²) in [6.07, 6.45) is 0. The van der Waals surface area contributed by atoms with Gasteiger partial charge in [0, 0.05) is 11.3 Å². The molecule has 2 rings (SSSR count). The third-order valence-corrected chi connectivity index (χ3v) is 2.92. The summed E-state index contributed by atoms with van der Waals surface area (Å²) in [6, 6.07) is 13.8. The first kappa shape index (κ1) is 14.5. The van der Waals surface area contributed by atoms with Crippen molar-refractivity contribution in [3.05, 3.63) is 65.0 Å². The SMILES string of the molecule is Cc1ccc(NC(N)=NCc2cc(C#N)ccc2F)cc1. The predicted octanol–water partition coefficient (Wildman–Crippen LogP) is 2.93. The zero-order valence-electron chi connectivity index (χ0n) is 11.6. The number of hydrogen-bond acceptors (Lipinski definition) is 2. The molecule has 0 aliphatic rings. The minimum absolute atomic E-state index is 0.0754. The molecule has 0 fully saturated rings. The van der Waals surface area contributed by atoms with Crippen molar-refractivity contribution < 1.29 is 4.39 Å². The van der Waals surface area contributed by atoms with Gasteiger partial charge in [-0.25, -0.2) is 9.38 Å². The van der Waals surface area contributed by atoms with Gasteiger partial charge < -0.3 is 11.1 Å². The van der Waals surface area contributed by atoms with Crippen LogP contribution < -0.4 is 11.1 Å². The second-order valence-electron chi connectivity index (χ2n) is 4.61. The maximum atomic E-state index is 13.6. The number of benzene rings is 2. The van der Waals surface area contributed by atoms with Crippen LogP contribution in [0.5, 0.6) is 0 Å². The third kappa shape index (κ3) is 4.05. The average Bonchev–Trinajstić information content (AvgIpc) is 2.49. The molecule has 5 heteroatoms. The number of nitrogens with zero attached hydrogens (tertiary/aromatic N) is 2. The number of halogens is 1. The minimum atomic E-state index is -0.402. The lowest BCUT2D eigenvalue weighted by Gasteiger charge is -2.06. The lowest BCUT2D eigenvalue weighted by atomic mass is 10.1. The number of rotatable bonds is 3. The van der Waals surface area contributed by atoms with E-state index in [0.717, 1.165) is 11.3 Å². The van der Waals surface area contributed by atoms with Crippen molar-refractivity contribution in [3.8, 4) is 6.07 Å². The van der Waals surface area contributed by atoms with Gasteiger partial charge >= 0.3 is 0 Å². The first-order valence-electron chi connectivity index (χ1n) is 6.40. The molecule has 4 nitrogen and oxygen atoms in total. The summed E-state index contributed by atoms with van der Waals surface area (Å²) in [4.78, 5) is 4.08. The molecule has 0 saturated heterocycles. The van der Waals surface area contributed by atoms with Crippen molar-refractivity contribution in [2.45, 2.75) is 13.5 Å². The molecule has 0 atom stereocenters. The van der Waals surface area contributed by atoms with Crippen molar-refractivity contribution in [1.29, 1.82) is 5.26 Å². The van der Waals surface area contributed by atoms with E-state index in [1.54, 1.807) is 0 Å². The second kappa shape index (κ2) is 6.53. The Hall–Kier alpha value is -2.87. The highest BCUT2D eigenvalue weighted by Gasteiger charge is 2.03. The topological polar surface area (TPSA) is 74.2 Å². The minimum Gasteiger partial charge on any atom is -0.370 e. The number of nitrogens with two attached hydrogens (primary N) is 1. The van der Waals surface area contributed by atoms with Crippen molar-refractivity contribution in [2.24, 2.45) is 10.7 Å². The van der Waals surface area contributed by atoms with Gasteiger partial charge in [0.2, 0.25) is 0 Å². The van der Waals surface area contributed by atoms with Crippen LogP contribution in [0.4, 0.5) is 10.1 Å². The molecule has 2 aromatic rings. The van der Waals surface area contributed by atoms with Gasteiger partial charge in [0.1, 0.15) is 5.82 Å². The molecule has 0 aliphatic heterocycles. The fourth-order valence-corrected chi connectivity index (χ4v) is 1.76. The van der Waals surface area contributed by atoms with Crippen LogP contribution in [0.2, 0.25) is 0 Å². The van der Waals surface area contributed by atoms with Gasteiger partial charge in [-0.3, -0.25) is 0 Å². The van der Waals surface area contributed by atoms with Gasteiger partial charge in [-0.1, -0.05) is 17.7 Å². The third-order valence-electron chi connectivity index (χ3n) is 2.92. The molecule has 0 amide bonds. The molecule has 106 valence electrons. The van der Waals surface area contributed by atoms with Crippen LogP contribution in [0.15, 0.2) is 47.5 Å². The highest BCUT2D eigenvalue weighted by Crippen LogP contribution is 2.12. The number of aliphatic imine (C=N–C) groups is 1. The first-order valence-corrected chi connectivity index (χ1v) is 6.40. The van der Waals surface area contributed by atoms with Crippen LogP contribution in [-0.2, 0) is 6.54 Å².